The highest BCUT2D eigenvalue weighted by molar-refractivity contribution is 7.11. The zero-order valence-electron chi connectivity index (χ0n) is 17.0. The lowest BCUT2D eigenvalue weighted by Gasteiger charge is -2.46. The van der Waals surface area contributed by atoms with Crippen molar-refractivity contribution >= 4 is 22.9 Å². The molecular formula is C22H32N3OS+. The van der Waals surface area contributed by atoms with Gasteiger partial charge in [0.1, 0.15) is 6.54 Å². The Morgan fingerprint density at radius 1 is 1.19 bits per heavy atom. The number of anilines is 1. The van der Waals surface area contributed by atoms with Gasteiger partial charge >= 0.3 is 0 Å². The lowest BCUT2D eigenvalue weighted by atomic mass is 9.99. The molecule has 2 aromatic rings. The third kappa shape index (κ3) is 4.41. The first-order valence-corrected chi connectivity index (χ1v) is 10.9. The highest BCUT2D eigenvalue weighted by Crippen LogP contribution is 2.31. The predicted octanol–water partition coefficient (Wildman–Crippen LogP) is 4.99. The number of para-hydroxylation sites is 1. The smallest absolute Gasteiger partial charge is 0.282 e. The molecule has 1 aliphatic rings. The maximum atomic E-state index is 13.4. The van der Waals surface area contributed by atoms with Crippen molar-refractivity contribution in [1.29, 1.82) is 0 Å². The summed E-state index contributed by atoms with van der Waals surface area (Å²) in [6.07, 6.45) is 6.53. The topological polar surface area (TPSA) is 42.0 Å². The van der Waals surface area contributed by atoms with Gasteiger partial charge in [0.2, 0.25) is 0 Å². The van der Waals surface area contributed by atoms with E-state index < -0.39 is 0 Å². The molecular weight excluding hydrogens is 354 g/mol. The monoisotopic (exact) mass is 386 g/mol. The first-order chi connectivity index (χ1) is 12.9. The van der Waals surface area contributed by atoms with Gasteiger partial charge < -0.3 is 9.80 Å². The van der Waals surface area contributed by atoms with E-state index >= 15 is 0 Å². The number of aryl methyl sites for hydroxylation is 3. The molecule has 1 aromatic heterocycles. The van der Waals surface area contributed by atoms with Gasteiger partial charge in [-0.05, 0) is 51.2 Å². The molecule has 1 amide bonds. The third-order valence-corrected chi connectivity index (χ3v) is 6.82. The van der Waals surface area contributed by atoms with E-state index in [0.29, 0.717) is 0 Å². The van der Waals surface area contributed by atoms with Crippen molar-refractivity contribution in [3.63, 3.8) is 0 Å². The fraction of sp³-hybridized carbons (Fsp3) is 0.545. The molecule has 1 atom stereocenters. The summed E-state index contributed by atoms with van der Waals surface area (Å²) in [5, 5.41) is 4.38. The highest BCUT2D eigenvalue weighted by Gasteiger charge is 2.42. The SMILES string of the molecule is CCC(C(=O)Nc1c(C)cccc1C)[N+]1(Cc2cnc(C)s2)CCCCC1. The Kier molecular flexibility index (Phi) is 6.33. The number of thiazole rings is 1. The quantitative estimate of drug-likeness (QED) is 0.711. The highest BCUT2D eigenvalue weighted by atomic mass is 32.1. The molecule has 1 N–H and O–H groups in total. The molecule has 1 saturated heterocycles. The molecule has 1 unspecified atom stereocenters. The second-order valence-corrected chi connectivity index (χ2v) is 9.23. The predicted molar refractivity (Wildman–Crippen MR) is 113 cm³/mol. The number of nitrogens with zero attached hydrogens (tertiary/aromatic N) is 2. The van der Waals surface area contributed by atoms with Gasteiger partial charge in [0.15, 0.2) is 6.04 Å². The second kappa shape index (κ2) is 8.53. The molecule has 2 heterocycles. The number of rotatable bonds is 6. The first kappa shape index (κ1) is 20.0. The molecule has 1 fully saturated rings. The van der Waals surface area contributed by atoms with Crippen LogP contribution in [0.15, 0.2) is 24.4 Å². The van der Waals surface area contributed by atoms with E-state index in [0.717, 1.165) is 52.4 Å². The number of hydrogen-bond acceptors (Lipinski definition) is 3. The first-order valence-electron chi connectivity index (χ1n) is 10.1. The van der Waals surface area contributed by atoms with Gasteiger partial charge in [0.25, 0.3) is 5.91 Å². The zero-order chi connectivity index (χ0) is 19.4. The summed E-state index contributed by atoms with van der Waals surface area (Å²) in [6.45, 7) is 11.4. The second-order valence-electron chi connectivity index (χ2n) is 7.91. The van der Waals surface area contributed by atoms with Crippen LogP contribution in [0, 0.1) is 20.8 Å². The lowest BCUT2D eigenvalue weighted by molar-refractivity contribution is -0.959. The summed E-state index contributed by atoms with van der Waals surface area (Å²) < 4.78 is 0.870. The minimum Gasteiger partial charge on any atom is -0.320 e. The van der Waals surface area contributed by atoms with Crippen molar-refractivity contribution in [3.05, 3.63) is 45.4 Å². The molecule has 0 bridgehead atoms. The van der Waals surface area contributed by atoms with Crippen LogP contribution in [0.25, 0.3) is 0 Å². The van der Waals surface area contributed by atoms with E-state index in [1.54, 1.807) is 11.3 Å². The standard InChI is InChI=1S/C22H31N3OS/c1-5-20(22(26)24-21-16(2)10-9-11-17(21)3)25(12-7-6-8-13-25)15-19-14-23-18(4)27-19/h9-11,14,20H,5-8,12-13,15H2,1-4H3/p+1. The molecule has 4 nitrogen and oxygen atoms in total. The number of quaternary nitrogens is 1. The Bertz CT molecular complexity index is 772. The molecule has 1 aliphatic heterocycles. The fourth-order valence-corrected chi connectivity index (χ4v) is 5.46. The number of likely N-dealkylation sites (tertiary alicyclic amines) is 1. The Balaban J connectivity index is 1.87. The van der Waals surface area contributed by atoms with Crippen LogP contribution in [0.1, 0.15) is 53.6 Å². The minimum absolute atomic E-state index is 0.0216. The van der Waals surface area contributed by atoms with E-state index in [1.165, 1.54) is 24.1 Å². The van der Waals surface area contributed by atoms with Crippen molar-refractivity contribution in [1.82, 2.24) is 4.98 Å². The van der Waals surface area contributed by atoms with Crippen LogP contribution in [0.3, 0.4) is 0 Å². The number of amides is 1. The summed E-state index contributed by atoms with van der Waals surface area (Å²) in [5.74, 6) is 0.165. The Morgan fingerprint density at radius 3 is 2.41 bits per heavy atom. The fourth-order valence-electron chi connectivity index (χ4n) is 4.55. The van der Waals surface area contributed by atoms with Crippen molar-refractivity contribution in [2.75, 3.05) is 18.4 Å². The van der Waals surface area contributed by atoms with E-state index in [4.69, 9.17) is 0 Å². The number of carbonyl (C=O) groups excluding carboxylic acids is 1. The molecule has 0 aliphatic carbocycles. The number of aromatic nitrogens is 1. The largest absolute Gasteiger partial charge is 0.320 e. The molecule has 3 rings (SSSR count). The van der Waals surface area contributed by atoms with Gasteiger partial charge in [0, 0.05) is 18.3 Å². The molecule has 27 heavy (non-hydrogen) atoms. The Hall–Kier alpha value is -1.72. The van der Waals surface area contributed by atoms with Gasteiger partial charge in [-0.25, -0.2) is 4.98 Å². The maximum Gasteiger partial charge on any atom is 0.282 e. The number of carbonyl (C=O) groups is 1. The van der Waals surface area contributed by atoms with E-state index in [-0.39, 0.29) is 11.9 Å². The van der Waals surface area contributed by atoms with Crippen molar-refractivity contribution in [3.8, 4) is 0 Å². The van der Waals surface area contributed by atoms with Crippen LogP contribution in [-0.4, -0.2) is 34.5 Å². The van der Waals surface area contributed by atoms with E-state index in [9.17, 15) is 4.79 Å². The summed E-state index contributed by atoms with van der Waals surface area (Å²) in [5.41, 5.74) is 3.23. The molecule has 5 heteroatoms. The summed E-state index contributed by atoms with van der Waals surface area (Å²) in [6, 6.07) is 6.15. The molecule has 0 spiro atoms. The normalized spacial score (nSPS) is 17.5. The van der Waals surface area contributed by atoms with Gasteiger partial charge in [-0.3, -0.25) is 4.79 Å². The Labute approximate surface area is 167 Å². The average molecular weight is 387 g/mol. The average Bonchev–Trinajstić information content (AvgIpc) is 3.04. The van der Waals surface area contributed by atoms with Crippen molar-refractivity contribution in [2.24, 2.45) is 0 Å². The number of hydrogen-bond donors (Lipinski definition) is 1. The van der Waals surface area contributed by atoms with E-state index in [2.05, 4.69) is 50.1 Å². The number of nitrogens with one attached hydrogen (secondary N) is 1. The van der Waals surface area contributed by atoms with Crippen LogP contribution in [0.2, 0.25) is 0 Å². The van der Waals surface area contributed by atoms with Crippen LogP contribution >= 0.6 is 11.3 Å². The molecule has 0 saturated carbocycles. The number of benzene rings is 1. The summed E-state index contributed by atoms with van der Waals surface area (Å²) in [4.78, 5) is 19.2. The van der Waals surface area contributed by atoms with Gasteiger partial charge in [-0.2, -0.15) is 0 Å². The summed E-state index contributed by atoms with van der Waals surface area (Å²) >= 11 is 1.77. The van der Waals surface area contributed by atoms with Crippen LogP contribution in [0.5, 0.6) is 0 Å². The minimum atomic E-state index is -0.0216. The van der Waals surface area contributed by atoms with Gasteiger partial charge in [0.05, 0.1) is 23.0 Å². The maximum absolute atomic E-state index is 13.4. The third-order valence-electron chi connectivity index (χ3n) is 5.93. The van der Waals surface area contributed by atoms with Crippen molar-refractivity contribution in [2.45, 2.75) is 66.0 Å². The lowest BCUT2D eigenvalue weighted by Crippen LogP contribution is -2.61. The van der Waals surface area contributed by atoms with Crippen LogP contribution in [-0.2, 0) is 11.3 Å². The van der Waals surface area contributed by atoms with Crippen LogP contribution in [0.4, 0.5) is 5.69 Å². The van der Waals surface area contributed by atoms with Crippen LogP contribution < -0.4 is 5.32 Å². The van der Waals surface area contributed by atoms with E-state index in [1.807, 2.05) is 12.3 Å². The molecule has 0 radical (unpaired) electrons. The Morgan fingerprint density at radius 2 is 1.85 bits per heavy atom. The molecule has 1 aromatic carbocycles. The van der Waals surface area contributed by atoms with Gasteiger partial charge in [-0.1, -0.05) is 25.1 Å². The number of piperidine rings is 1. The van der Waals surface area contributed by atoms with Crippen molar-refractivity contribution < 1.29 is 9.28 Å². The van der Waals surface area contributed by atoms with Gasteiger partial charge in [-0.15, -0.1) is 11.3 Å². The zero-order valence-corrected chi connectivity index (χ0v) is 17.9. The molecule has 146 valence electrons. The summed E-state index contributed by atoms with van der Waals surface area (Å²) in [7, 11) is 0.